The molecule has 3 aromatic carbocycles. The highest BCUT2D eigenvalue weighted by Gasteiger charge is 2.17. The van der Waals surface area contributed by atoms with Crippen LogP contribution >= 0.6 is 0 Å². The number of rotatable bonds is 5. The molecule has 1 aromatic heterocycles. The fraction of sp³-hybridized carbons (Fsp3) is 0.0435. The minimum atomic E-state index is -0.443. The number of ether oxygens (including phenoxy) is 1. The Morgan fingerprint density at radius 2 is 1.63 bits per heavy atom. The Kier molecular flexibility index (Phi) is 5.22. The van der Waals surface area contributed by atoms with Crippen molar-refractivity contribution in [3.05, 3.63) is 94.9 Å². The SMILES string of the molecule is N#CCOc1ccc(NC(=O)c2nn(-c3ccccc3)c(=O)c3ccccc23)cc1. The van der Waals surface area contributed by atoms with Crippen molar-refractivity contribution < 1.29 is 9.53 Å². The van der Waals surface area contributed by atoms with Gasteiger partial charge >= 0.3 is 0 Å². The topological polar surface area (TPSA) is 97.0 Å². The summed E-state index contributed by atoms with van der Waals surface area (Å²) < 4.78 is 6.44. The van der Waals surface area contributed by atoms with Crippen LogP contribution in [0.5, 0.6) is 5.75 Å². The molecule has 0 aliphatic heterocycles. The Hall–Kier alpha value is -4.44. The second kappa shape index (κ2) is 8.29. The number of aromatic nitrogens is 2. The monoisotopic (exact) mass is 396 g/mol. The zero-order chi connectivity index (χ0) is 20.9. The molecule has 1 heterocycles. The van der Waals surface area contributed by atoms with Gasteiger partial charge in [-0.1, -0.05) is 36.4 Å². The van der Waals surface area contributed by atoms with Crippen molar-refractivity contribution in [2.75, 3.05) is 11.9 Å². The number of hydrogen-bond acceptors (Lipinski definition) is 5. The first-order chi connectivity index (χ1) is 14.7. The lowest BCUT2D eigenvalue weighted by Crippen LogP contribution is -2.26. The number of anilines is 1. The molecule has 0 unspecified atom stereocenters. The smallest absolute Gasteiger partial charge is 0.279 e. The molecule has 0 aliphatic carbocycles. The first kappa shape index (κ1) is 18.9. The van der Waals surface area contributed by atoms with Gasteiger partial charge in [0.15, 0.2) is 12.3 Å². The molecular formula is C23H16N4O3. The number of nitrogens with one attached hydrogen (secondary N) is 1. The summed E-state index contributed by atoms with van der Waals surface area (Å²) in [5.41, 5.74) is 0.945. The van der Waals surface area contributed by atoms with Gasteiger partial charge in [0.1, 0.15) is 11.8 Å². The van der Waals surface area contributed by atoms with Crippen LogP contribution in [0.25, 0.3) is 16.5 Å². The van der Waals surface area contributed by atoms with Gasteiger partial charge in [-0.3, -0.25) is 9.59 Å². The molecule has 0 aliphatic rings. The van der Waals surface area contributed by atoms with E-state index in [0.717, 1.165) is 0 Å². The van der Waals surface area contributed by atoms with E-state index in [9.17, 15) is 9.59 Å². The summed E-state index contributed by atoms with van der Waals surface area (Å²) in [6.45, 7) is -0.0529. The summed E-state index contributed by atoms with van der Waals surface area (Å²) in [6.07, 6.45) is 0. The number of para-hydroxylation sites is 1. The van der Waals surface area contributed by atoms with Crippen LogP contribution in [0.2, 0.25) is 0 Å². The molecule has 30 heavy (non-hydrogen) atoms. The second-order valence-corrected chi connectivity index (χ2v) is 6.37. The van der Waals surface area contributed by atoms with Crippen molar-refractivity contribution in [3.63, 3.8) is 0 Å². The van der Waals surface area contributed by atoms with E-state index in [1.54, 1.807) is 72.8 Å². The molecule has 4 aromatic rings. The number of benzene rings is 3. The van der Waals surface area contributed by atoms with Crippen molar-refractivity contribution in [2.24, 2.45) is 0 Å². The van der Waals surface area contributed by atoms with Crippen LogP contribution in [-0.2, 0) is 0 Å². The van der Waals surface area contributed by atoms with Crippen LogP contribution in [0.1, 0.15) is 10.5 Å². The maximum Gasteiger partial charge on any atom is 0.279 e. The van der Waals surface area contributed by atoms with Gasteiger partial charge in [-0.2, -0.15) is 15.0 Å². The molecule has 0 radical (unpaired) electrons. The summed E-state index contributed by atoms with van der Waals surface area (Å²) in [7, 11) is 0. The zero-order valence-corrected chi connectivity index (χ0v) is 15.8. The van der Waals surface area contributed by atoms with E-state index >= 15 is 0 Å². The maximum atomic E-state index is 13.0. The fourth-order valence-corrected chi connectivity index (χ4v) is 3.04. The third-order valence-corrected chi connectivity index (χ3v) is 4.44. The van der Waals surface area contributed by atoms with Gasteiger partial charge in [-0.15, -0.1) is 0 Å². The van der Waals surface area contributed by atoms with Gasteiger partial charge in [0.05, 0.1) is 11.1 Å². The lowest BCUT2D eigenvalue weighted by Gasteiger charge is -2.11. The minimum Gasteiger partial charge on any atom is -0.479 e. The first-order valence-corrected chi connectivity index (χ1v) is 9.16. The molecule has 4 rings (SSSR count). The highest BCUT2D eigenvalue weighted by atomic mass is 16.5. The van der Waals surface area contributed by atoms with Crippen molar-refractivity contribution in [1.82, 2.24) is 9.78 Å². The van der Waals surface area contributed by atoms with Gasteiger partial charge in [0, 0.05) is 11.1 Å². The predicted octanol–water partition coefficient (Wildman–Crippen LogP) is 3.54. The second-order valence-electron chi connectivity index (χ2n) is 6.37. The van der Waals surface area contributed by atoms with E-state index in [1.165, 1.54) is 4.68 Å². The lowest BCUT2D eigenvalue weighted by atomic mass is 10.1. The van der Waals surface area contributed by atoms with Gasteiger partial charge in [-0.25, -0.2) is 0 Å². The number of hydrogen-bond donors (Lipinski definition) is 1. The molecule has 7 heteroatoms. The molecule has 1 N–H and O–H groups in total. The number of nitrogens with zero attached hydrogens (tertiary/aromatic N) is 3. The van der Waals surface area contributed by atoms with Gasteiger partial charge in [0.2, 0.25) is 0 Å². The quantitative estimate of drug-likeness (QED) is 0.556. The normalized spacial score (nSPS) is 10.4. The van der Waals surface area contributed by atoms with Gasteiger partial charge in [-0.05, 0) is 42.5 Å². The average molecular weight is 396 g/mol. The van der Waals surface area contributed by atoms with Crippen molar-refractivity contribution in [3.8, 4) is 17.5 Å². The van der Waals surface area contributed by atoms with Crippen LogP contribution in [0.15, 0.2) is 83.7 Å². The summed E-state index contributed by atoms with van der Waals surface area (Å²) in [6, 6.07) is 24.4. The molecule has 0 bridgehead atoms. The highest BCUT2D eigenvalue weighted by molar-refractivity contribution is 6.11. The lowest BCUT2D eigenvalue weighted by molar-refractivity contribution is 0.102. The van der Waals surface area contributed by atoms with E-state index in [4.69, 9.17) is 10.00 Å². The summed E-state index contributed by atoms with van der Waals surface area (Å²) >= 11 is 0. The van der Waals surface area contributed by atoms with Crippen LogP contribution in [0.3, 0.4) is 0 Å². The van der Waals surface area contributed by atoms with Gasteiger partial charge in [0.25, 0.3) is 11.5 Å². The van der Waals surface area contributed by atoms with Crippen LogP contribution in [-0.4, -0.2) is 22.3 Å². The molecular weight excluding hydrogens is 380 g/mol. The molecule has 0 saturated heterocycles. The van der Waals surface area contributed by atoms with E-state index < -0.39 is 5.91 Å². The average Bonchev–Trinajstić information content (AvgIpc) is 2.79. The zero-order valence-electron chi connectivity index (χ0n) is 15.8. The highest BCUT2D eigenvalue weighted by Crippen LogP contribution is 2.19. The van der Waals surface area contributed by atoms with Crippen LogP contribution in [0.4, 0.5) is 5.69 Å². The Morgan fingerprint density at radius 3 is 2.33 bits per heavy atom. The Morgan fingerprint density at radius 1 is 0.967 bits per heavy atom. The van der Waals surface area contributed by atoms with Crippen molar-refractivity contribution >= 4 is 22.4 Å². The third-order valence-electron chi connectivity index (χ3n) is 4.44. The number of fused-ring (bicyclic) bond motifs is 1. The number of nitriles is 1. The number of amides is 1. The minimum absolute atomic E-state index is 0.0529. The van der Waals surface area contributed by atoms with Crippen molar-refractivity contribution in [2.45, 2.75) is 0 Å². The molecule has 1 amide bonds. The third kappa shape index (κ3) is 3.75. The largest absolute Gasteiger partial charge is 0.479 e. The summed E-state index contributed by atoms with van der Waals surface area (Å²) in [5.74, 6) is 0.0809. The van der Waals surface area contributed by atoms with E-state index in [1.807, 2.05) is 12.1 Å². The summed E-state index contributed by atoms with van der Waals surface area (Å²) in [5, 5.41) is 16.6. The Labute approximate surface area is 171 Å². The number of carbonyl (C=O) groups excluding carboxylic acids is 1. The number of carbonyl (C=O) groups is 1. The maximum absolute atomic E-state index is 13.0. The molecule has 7 nitrogen and oxygen atoms in total. The molecule has 146 valence electrons. The Bertz CT molecular complexity index is 1310. The predicted molar refractivity (Wildman–Crippen MR) is 113 cm³/mol. The molecule has 0 fully saturated rings. The van der Waals surface area contributed by atoms with Crippen molar-refractivity contribution in [1.29, 1.82) is 5.26 Å². The van der Waals surface area contributed by atoms with Crippen LogP contribution in [0, 0.1) is 11.3 Å². The molecule has 0 spiro atoms. The Balaban J connectivity index is 1.73. The van der Waals surface area contributed by atoms with E-state index in [0.29, 0.717) is 27.9 Å². The van der Waals surface area contributed by atoms with E-state index in [2.05, 4.69) is 10.4 Å². The standard InChI is InChI=1S/C23H16N4O3/c24-14-15-30-18-12-10-16(11-13-18)25-22(28)21-19-8-4-5-9-20(19)23(29)27(26-21)17-6-2-1-3-7-17/h1-13H,15H2,(H,25,28). The summed E-state index contributed by atoms with van der Waals surface area (Å²) in [4.78, 5) is 25.9. The van der Waals surface area contributed by atoms with Crippen LogP contribution < -0.4 is 15.6 Å². The first-order valence-electron chi connectivity index (χ1n) is 9.16. The fourth-order valence-electron chi connectivity index (χ4n) is 3.04. The molecule has 0 saturated carbocycles. The van der Waals surface area contributed by atoms with Gasteiger partial charge < -0.3 is 10.1 Å². The van der Waals surface area contributed by atoms with E-state index in [-0.39, 0.29) is 17.9 Å². The molecule has 0 atom stereocenters.